The van der Waals surface area contributed by atoms with Crippen LogP contribution in [0, 0.1) is 0 Å². The van der Waals surface area contributed by atoms with Gasteiger partial charge in [0.2, 0.25) is 0 Å². The van der Waals surface area contributed by atoms with E-state index < -0.39 is 0 Å². The third-order valence-electron chi connectivity index (χ3n) is 2.29. The molecule has 15 heavy (non-hydrogen) atoms. The van der Waals surface area contributed by atoms with Crippen molar-refractivity contribution in [3.05, 3.63) is 34.8 Å². The van der Waals surface area contributed by atoms with Crippen LogP contribution in [-0.2, 0) is 0 Å². The SMILES string of the molecule is CC(C)n1cncc1C(N)c1nccs1. The van der Waals surface area contributed by atoms with E-state index in [1.807, 2.05) is 17.9 Å². The number of aromatic nitrogens is 3. The van der Waals surface area contributed by atoms with E-state index in [1.165, 1.54) is 0 Å². The standard InChI is InChI=1S/C10H14N4S/c1-7(2)14-6-12-5-8(14)9(11)10-13-3-4-15-10/h3-7,9H,11H2,1-2H3. The van der Waals surface area contributed by atoms with Gasteiger partial charge in [-0.3, -0.25) is 0 Å². The van der Waals surface area contributed by atoms with Gasteiger partial charge in [-0.1, -0.05) is 0 Å². The monoisotopic (exact) mass is 222 g/mol. The van der Waals surface area contributed by atoms with Crippen molar-refractivity contribution in [1.29, 1.82) is 0 Å². The fourth-order valence-electron chi connectivity index (χ4n) is 1.50. The first-order chi connectivity index (χ1) is 7.20. The number of hydrogen-bond acceptors (Lipinski definition) is 4. The first-order valence-corrected chi connectivity index (χ1v) is 5.75. The zero-order chi connectivity index (χ0) is 10.8. The van der Waals surface area contributed by atoms with E-state index in [1.54, 1.807) is 17.5 Å². The van der Waals surface area contributed by atoms with Crippen LogP contribution in [0.25, 0.3) is 0 Å². The third-order valence-corrected chi connectivity index (χ3v) is 3.15. The fourth-order valence-corrected chi connectivity index (χ4v) is 2.15. The van der Waals surface area contributed by atoms with E-state index >= 15 is 0 Å². The Labute approximate surface area is 92.8 Å². The normalized spacial score (nSPS) is 13.3. The molecule has 80 valence electrons. The second-order valence-electron chi connectivity index (χ2n) is 3.67. The number of nitrogens with zero attached hydrogens (tertiary/aromatic N) is 3. The molecule has 0 aliphatic carbocycles. The smallest absolute Gasteiger partial charge is 0.115 e. The Morgan fingerprint density at radius 1 is 1.47 bits per heavy atom. The summed E-state index contributed by atoms with van der Waals surface area (Å²) in [5.41, 5.74) is 7.14. The average molecular weight is 222 g/mol. The van der Waals surface area contributed by atoms with Crippen LogP contribution in [0.5, 0.6) is 0 Å². The maximum atomic E-state index is 6.13. The Hall–Kier alpha value is -1.20. The average Bonchev–Trinajstić information content (AvgIpc) is 2.88. The highest BCUT2D eigenvalue weighted by Gasteiger charge is 2.16. The number of thiazole rings is 1. The van der Waals surface area contributed by atoms with Crippen molar-refractivity contribution in [2.24, 2.45) is 5.73 Å². The van der Waals surface area contributed by atoms with Gasteiger partial charge in [0.15, 0.2) is 0 Å². The molecule has 0 aliphatic heterocycles. The first kappa shape index (κ1) is 10.3. The molecule has 1 atom stereocenters. The fraction of sp³-hybridized carbons (Fsp3) is 0.400. The summed E-state index contributed by atoms with van der Waals surface area (Å²) in [7, 11) is 0. The highest BCUT2D eigenvalue weighted by Crippen LogP contribution is 2.22. The summed E-state index contributed by atoms with van der Waals surface area (Å²) in [5, 5.41) is 2.86. The van der Waals surface area contributed by atoms with Crippen molar-refractivity contribution < 1.29 is 0 Å². The molecule has 4 nitrogen and oxygen atoms in total. The van der Waals surface area contributed by atoms with E-state index in [9.17, 15) is 0 Å². The molecule has 0 aliphatic rings. The van der Waals surface area contributed by atoms with Gasteiger partial charge in [-0.2, -0.15) is 0 Å². The lowest BCUT2D eigenvalue weighted by atomic mass is 10.2. The minimum atomic E-state index is -0.171. The van der Waals surface area contributed by atoms with Crippen molar-refractivity contribution in [3.63, 3.8) is 0 Å². The van der Waals surface area contributed by atoms with E-state index in [-0.39, 0.29) is 6.04 Å². The molecule has 2 N–H and O–H groups in total. The zero-order valence-electron chi connectivity index (χ0n) is 8.79. The summed E-state index contributed by atoms with van der Waals surface area (Å²) in [6.45, 7) is 4.22. The Bertz CT molecular complexity index is 418. The van der Waals surface area contributed by atoms with E-state index in [0.717, 1.165) is 10.7 Å². The molecular formula is C10H14N4S. The lowest BCUT2D eigenvalue weighted by Crippen LogP contribution is -2.17. The minimum absolute atomic E-state index is 0.171. The Morgan fingerprint density at radius 3 is 2.87 bits per heavy atom. The van der Waals surface area contributed by atoms with Crippen LogP contribution in [0.4, 0.5) is 0 Å². The van der Waals surface area contributed by atoms with E-state index in [2.05, 4.69) is 28.4 Å². The molecule has 0 saturated carbocycles. The quantitative estimate of drug-likeness (QED) is 0.863. The van der Waals surface area contributed by atoms with Gasteiger partial charge in [-0.25, -0.2) is 9.97 Å². The van der Waals surface area contributed by atoms with Gasteiger partial charge in [-0.05, 0) is 13.8 Å². The molecule has 0 saturated heterocycles. The van der Waals surface area contributed by atoms with Gasteiger partial charge in [0.1, 0.15) is 5.01 Å². The topological polar surface area (TPSA) is 56.7 Å². The van der Waals surface area contributed by atoms with Crippen molar-refractivity contribution in [2.75, 3.05) is 0 Å². The van der Waals surface area contributed by atoms with Crippen LogP contribution in [0.1, 0.15) is 36.6 Å². The molecule has 2 aromatic rings. The number of hydrogen-bond donors (Lipinski definition) is 1. The number of nitrogens with two attached hydrogens (primary N) is 1. The second-order valence-corrected chi connectivity index (χ2v) is 4.59. The number of imidazole rings is 1. The van der Waals surface area contributed by atoms with Crippen molar-refractivity contribution in [1.82, 2.24) is 14.5 Å². The first-order valence-electron chi connectivity index (χ1n) is 4.87. The van der Waals surface area contributed by atoms with Crippen molar-refractivity contribution in [3.8, 4) is 0 Å². The molecule has 0 radical (unpaired) electrons. The molecular weight excluding hydrogens is 208 g/mol. The molecule has 5 heteroatoms. The Morgan fingerprint density at radius 2 is 2.27 bits per heavy atom. The summed E-state index contributed by atoms with van der Waals surface area (Å²) in [6.07, 6.45) is 5.40. The lowest BCUT2D eigenvalue weighted by Gasteiger charge is -2.15. The van der Waals surface area contributed by atoms with Gasteiger partial charge >= 0.3 is 0 Å². The van der Waals surface area contributed by atoms with Crippen LogP contribution in [0.2, 0.25) is 0 Å². The maximum absolute atomic E-state index is 6.13. The maximum Gasteiger partial charge on any atom is 0.115 e. The predicted molar refractivity (Wildman–Crippen MR) is 60.8 cm³/mol. The van der Waals surface area contributed by atoms with Crippen molar-refractivity contribution >= 4 is 11.3 Å². The Kier molecular flexibility index (Phi) is 2.83. The van der Waals surface area contributed by atoms with Crippen LogP contribution in [-0.4, -0.2) is 14.5 Å². The highest BCUT2D eigenvalue weighted by atomic mass is 32.1. The largest absolute Gasteiger partial charge is 0.330 e. The van der Waals surface area contributed by atoms with Gasteiger partial charge in [0, 0.05) is 17.6 Å². The molecule has 1 unspecified atom stereocenters. The van der Waals surface area contributed by atoms with Gasteiger partial charge < -0.3 is 10.3 Å². The Balaban J connectivity index is 2.33. The summed E-state index contributed by atoms with van der Waals surface area (Å²) < 4.78 is 2.08. The highest BCUT2D eigenvalue weighted by molar-refractivity contribution is 7.09. The summed E-state index contributed by atoms with van der Waals surface area (Å²) in [5.74, 6) is 0. The molecule has 2 heterocycles. The lowest BCUT2D eigenvalue weighted by molar-refractivity contribution is 0.559. The van der Waals surface area contributed by atoms with E-state index in [4.69, 9.17) is 5.73 Å². The van der Waals surface area contributed by atoms with Crippen LogP contribution in [0.3, 0.4) is 0 Å². The van der Waals surface area contributed by atoms with Gasteiger partial charge in [0.05, 0.1) is 24.3 Å². The van der Waals surface area contributed by atoms with Crippen molar-refractivity contribution in [2.45, 2.75) is 25.9 Å². The predicted octanol–water partition coefficient (Wildman–Crippen LogP) is 1.97. The second kappa shape index (κ2) is 4.12. The molecule has 2 rings (SSSR count). The van der Waals surface area contributed by atoms with Gasteiger partial charge in [0.25, 0.3) is 0 Å². The minimum Gasteiger partial charge on any atom is -0.330 e. The van der Waals surface area contributed by atoms with Crippen LogP contribution in [0.15, 0.2) is 24.1 Å². The van der Waals surface area contributed by atoms with E-state index in [0.29, 0.717) is 6.04 Å². The molecule has 0 aromatic carbocycles. The molecule has 0 spiro atoms. The summed E-state index contributed by atoms with van der Waals surface area (Å²) in [4.78, 5) is 8.36. The zero-order valence-corrected chi connectivity index (χ0v) is 9.61. The van der Waals surface area contributed by atoms with Crippen LogP contribution >= 0.6 is 11.3 Å². The molecule has 0 fully saturated rings. The summed E-state index contributed by atoms with van der Waals surface area (Å²) in [6, 6.07) is 0.198. The number of rotatable bonds is 3. The van der Waals surface area contributed by atoms with Gasteiger partial charge in [-0.15, -0.1) is 11.3 Å². The molecule has 0 amide bonds. The molecule has 0 bridgehead atoms. The molecule has 2 aromatic heterocycles. The third kappa shape index (κ3) is 1.93. The summed E-state index contributed by atoms with van der Waals surface area (Å²) >= 11 is 1.57. The van der Waals surface area contributed by atoms with Crippen LogP contribution < -0.4 is 5.73 Å².